The first-order valence-corrected chi connectivity index (χ1v) is 13.4. The molecule has 0 amide bonds. The lowest BCUT2D eigenvalue weighted by Gasteiger charge is -2.13. The second kappa shape index (κ2) is 11.6. The average molecular weight is 542 g/mol. The van der Waals surface area contributed by atoms with E-state index < -0.39 is 5.97 Å². The quantitative estimate of drug-likeness (QED) is 0.0913. The van der Waals surface area contributed by atoms with Crippen LogP contribution < -0.4 is 10.3 Å². The molecule has 2 heterocycles. The number of hydrogen-bond donors (Lipinski definition) is 0. The van der Waals surface area contributed by atoms with Gasteiger partial charge in [-0.15, -0.1) is 0 Å². The first-order chi connectivity index (χ1) is 17.4. The van der Waals surface area contributed by atoms with Crippen LogP contribution in [0.5, 0.6) is 5.75 Å². The number of aromatic nitrogens is 3. The van der Waals surface area contributed by atoms with E-state index in [0.717, 1.165) is 17.4 Å². The molecule has 0 N–H and O–H groups in total. The number of ether oxygens (including phenoxy) is 2. The second-order valence-electron chi connectivity index (χ2n) is 7.46. The Balaban J connectivity index is 1.82. The van der Waals surface area contributed by atoms with Crippen molar-refractivity contribution in [1.82, 2.24) is 14.1 Å². The third-order valence-corrected chi connectivity index (χ3v) is 7.36. The molecule has 0 aliphatic carbocycles. The highest BCUT2D eigenvalue weighted by Crippen LogP contribution is 2.28. The third-order valence-electron chi connectivity index (χ3n) is 5.01. The van der Waals surface area contributed by atoms with E-state index in [1.165, 1.54) is 15.9 Å². The molecule has 0 unspecified atom stereocenters. The summed E-state index contributed by atoms with van der Waals surface area (Å²) in [7, 11) is 0. The molecule has 0 aliphatic heterocycles. The smallest absolute Gasteiger partial charge is 0.313 e. The molecule has 0 aliphatic rings. The fraction of sp³-hybridized carbons (Fsp3) is 0.240. The number of rotatable bonds is 10. The van der Waals surface area contributed by atoms with E-state index >= 15 is 0 Å². The summed E-state index contributed by atoms with van der Waals surface area (Å²) in [6.45, 7) is 4.30. The number of thiazole rings is 1. The van der Waals surface area contributed by atoms with Gasteiger partial charge in [-0.2, -0.15) is 0 Å². The van der Waals surface area contributed by atoms with Gasteiger partial charge >= 0.3 is 5.97 Å². The topological polar surface area (TPSA) is 92.4 Å². The number of ketones is 1. The summed E-state index contributed by atoms with van der Waals surface area (Å²) in [5.41, 5.74) is 1.48. The lowest BCUT2D eigenvalue weighted by Crippen LogP contribution is -2.22. The zero-order chi connectivity index (χ0) is 25.7. The number of fused-ring (bicyclic) bond motifs is 1. The van der Waals surface area contributed by atoms with Gasteiger partial charge in [0.25, 0.3) is 5.56 Å². The summed E-state index contributed by atoms with van der Waals surface area (Å²) in [5.74, 6) is -0.278. The van der Waals surface area contributed by atoms with Crippen LogP contribution >= 0.6 is 35.3 Å². The van der Waals surface area contributed by atoms with E-state index in [4.69, 9.17) is 26.7 Å². The normalized spacial score (nSPS) is 10.9. The molecule has 0 bridgehead atoms. The van der Waals surface area contributed by atoms with Crippen LogP contribution in [0.3, 0.4) is 0 Å². The van der Waals surface area contributed by atoms with Crippen molar-refractivity contribution < 1.29 is 19.1 Å². The molecular formula is C25H23N3O5S3. The summed E-state index contributed by atoms with van der Waals surface area (Å²) in [5, 5.41) is 0.311. The first kappa shape index (κ1) is 25.8. The van der Waals surface area contributed by atoms with Crippen LogP contribution in [-0.2, 0) is 14.3 Å². The van der Waals surface area contributed by atoms with Crippen molar-refractivity contribution in [2.45, 2.75) is 25.4 Å². The maximum Gasteiger partial charge on any atom is 0.313 e. The molecule has 11 heteroatoms. The number of para-hydroxylation sites is 1. The molecule has 0 saturated carbocycles. The van der Waals surface area contributed by atoms with Gasteiger partial charge in [0.05, 0.1) is 24.7 Å². The molecule has 4 rings (SSSR count). The molecular weight excluding hydrogens is 518 g/mol. The predicted octanol–water partition coefficient (Wildman–Crippen LogP) is 4.98. The van der Waals surface area contributed by atoms with Gasteiger partial charge in [-0.1, -0.05) is 41.3 Å². The molecule has 0 fully saturated rings. The molecule has 2 aromatic heterocycles. The first-order valence-electron chi connectivity index (χ1n) is 11.2. The molecule has 0 spiro atoms. The highest BCUT2D eigenvalue weighted by molar-refractivity contribution is 7.99. The van der Waals surface area contributed by atoms with Crippen LogP contribution in [0, 0.1) is 3.95 Å². The average Bonchev–Trinajstić information content (AvgIpc) is 3.20. The number of carbonyl (C=O) groups excluding carboxylic acids is 2. The van der Waals surface area contributed by atoms with Gasteiger partial charge in [0.15, 0.2) is 20.5 Å². The van der Waals surface area contributed by atoms with E-state index in [-0.39, 0.29) is 30.1 Å². The number of benzene rings is 2. The van der Waals surface area contributed by atoms with Crippen LogP contribution in [0.15, 0.2) is 64.5 Å². The summed E-state index contributed by atoms with van der Waals surface area (Å²) in [6.07, 6.45) is -0.338. The van der Waals surface area contributed by atoms with E-state index in [2.05, 4.69) is 0 Å². The Morgan fingerprint density at radius 2 is 1.69 bits per heavy atom. The fourth-order valence-electron chi connectivity index (χ4n) is 3.49. The van der Waals surface area contributed by atoms with Crippen molar-refractivity contribution in [3.63, 3.8) is 0 Å². The van der Waals surface area contributed by atoms with Gasteiger partial charge in [0.2, 0.25) is 0 Å². The van der Waals surface area contributed by atoms with E-state index in [1.807, 2.05) is 37.3 Å². The molecule has 0 saturated heterocycles. The van der Waals surface area contributed by atoms with Crippen LogP contribution in [0.2, 0.25) is 0 Å². The summed E-state index contributed by atoms with van der Waals surface area (Å²) in [4.78, 5) is 42.7. The summed E-state index contributed by atoms with van der Waals surface area (Å²) < 4.78 is 14.5. The van der Waals surface area contributed by atoms with Crippen LogP contribution in [0.4, 0.5) is 0 Å². The van der Waals surface area contributed by atoms with Gasteiger partial charge in [-0.3, -0.25) is 23.5 Å². The van der Waals surface area contributed by atoms with Crippen molar-refractivity contribution in [2.24, 2.45) is 0 Å². The fourth-order valence-corrected chi connectivity index (χ4v) is 5.66. The number of carbonyl (C=O) groups is 2. The Bertz CT molecular complexity index is 1510. The van der Waals surface area contributed by atoms with Crippen molar-refractivity contribution in [2.75, 3.05) is 19.0 Å². The number of Topliss-reactive ketones (excluding diaryl/α,β-unsaturated/α-hetero) is 1. The number of hydrogen-bond acceptors (Lipinski definition) is 9. The van der Waals surface area contributed by atoms with Crippen molar-refractivity contribution >= 4 is 57.4 Å². The second-order valence-corrected chi connectivity index (χ2v) is 10.0. The Labute approximate surface area is 220 Å². The summed E-state index contributed by atoms with van der Waals surface area (Å²) >= 11 is 7.86. The summed E-state index contributed by atoms with van der Waals surface area (Å²) in [6, 6.07) is 16.5. The molecule has 4 aromatic rings. The molecule has 0 atom stereocenters. The largest absolute Gasteiger partial charge is 0.494 e. The van der Waals surface area contributed by atoms with Crippen LogP contribution in [0.25, 0.3) is 21.7 Å². The number of esters is 1. The Morgan fingerprint density at radius 1 is 1.00 bits per heavy atom. The molecule has 2 aromatic carbocycles. The maximum atomic E-state index is 13.7. The van der Waals surface area contributed by atoms with Gasteiger partial charge in [0, 0.05) is 5.69 Å². The van der Waals surface area contributed by atoms with Gasteiger partial charge in [0.1, 0.15) is 16.9 Å². The van der Waals surface area contributed by atoms with Crippen LogP contribution in [-0.4, -0.2) is 44.8 Å². The van der Waals surface area contributed by atoms with Crippen LogP contribution in [0.1, 0.15) is 20.3 Å². The highest BCUT2D eigenvalue weighted by Gasteiger charge is 2.20. The number of thioether (sulfide) groups is 1. The molecule has 36 heavy (non-hydrogen) atoms. The Morgan fingerprint density at radius 3 is 2.36 bits per heavy atom. The molecule has 186 valence electrons. The predicted molar refractivity (Wildman–Crippen MR) is 144 cm³/mol. The maximum absolute atomic E-state index is 13.7. The van der Waals surface area contributed by atoms with E-state index in [0.29, 0.717) is 37.5 Å². The van der Waals surface area contributed by atoms with E-state index in [1.54, 1.807) is 35.8 Å². The minimum atomic E-state index is -0.578. The minimum absolute atomic E-state index is 0.0516. The van der Waals surface area contributed by atoms with Crippen molar-refractivity contribution in [3.05, 3.63) is 68.9 Å². The van der Waals surface area contributed by atoms with Gasteiger partial charge < -0.3 is 9.47 Å². The minimum Gasteiger partial charge on any atom is -0.494 e. The van der Waals surface area contributed by atoms with Crippen molar-refractivity contribution in [1.29, 1.82) is 0 Å². The number of nitrogens with zero attached hydrogens (tertiary/aromatic N) is 3. The standard InChI is InChI=1S/C25H23N3O5S3/c1-3-32-19-12-10-17(11-13-19)28-23(31)21-22(27(25(34)36-21)16-8-6-5-7-9-16)26-24(28)35-15-18(29)14-20(30)33-4-2/h5-13H,3-4,14-15H2,1-2H3. The highest BCUT2D eigenvalue weighted by atomic mass is 32.2. The SMILES string of the molecule is CCOC(=O)CC(=O)CSc1nc2c(sc(=S)n2-c2ccccc2)c(=O)n1-c1ccc(OCC)cc1. The third kappa shape index (κ3) is 5.58. The zero-order valence-electron chi connectivity index (χ0n) is 19.6. The Hall–Kier alpha value is -3.28. The zero-order valence-corrected chi connectivity index (χ0v) is 22.1. The van der Waals surface area contributed by atoms with Crippen molar-refractivity contribution in [3.8, 4) is 17.1 Å². The van der Waals surface area contributed by atoms with Gasteiger partial charge in [-0.25, -0.2) is 4.98 Å². The Kier molecular flexibility index (Phi) is 8.34. The lowest BCUT2D eigenvalue weighted by molar-refractivity contribution is -0.145. The lowest BCUT2D eigenvalue weighted by atomic mass is 10.3. The van der Waals surface area contributed by atoms with Gasteiger partial charge in [-0.05, 0) is 62.5 Å². The monoisotopic (exact) mass is 541 g/mol. The van der Waals surface area contributed by atoms with E-state index in [9.17, 15) is 14.4 Å². The molecule has 8 nitrogen and oxygen atoms in total. The molecule has 0 radical (unpaired) electrons.